The highest BCUT2D eigenvalue weighted by Crippen LogP contribution is 2.31. The van der Waals surface area contributed by atoms with Crippen LogP contribution in [0, 0.1) is 16.7 Å². The van der Waals surface area contributed by atoms with Crippen molar-refractivity contribution in [3.8, 4) is 6.07 Å². The Morgan fingerprint density at radius 1 is 1.64 bits per heavy atom. The van der Waals surface area contributed by atoms with Crippen molar-refractivity contribution in [3.05, 3.63) is 0 Å². The van der Waals surface area contributed by atoms with E-state index in [0.717, 1.165) is 19.4 Å². The number of nitrogens with zero attached hydrogens (tertiary/aromatic N) is 1. The molecule has 0 bridgehead atoms. The van der Waals surface area contributed by atoms with Crippen LogP contribution in [0.2, 0.25) is 0 Å². The predicted octanol–water partition coefficient (Wildman–Crippen LogP) is 1.67. The summed E-state index contributed by atoms with van der Waals surface area (Å²) >= 11 is 0. The van der Waals surface area contributed by atoms with Crippen LogP contribution in [0.3, 0.4) is 0 Å². The first-order chi connectivity index (χ1) is 5.33. The topological polar surface area (TPSA) is 33.0 Å². The summed E-state index contributed by atoms with van der Waals surface area (Å²) in [5.74, 6) is 0. The van der Waals surface area contributed by atoms with Gasteiger partial charge in [0.1, 0.15) is 0 Å². The van der Waals surface area contributed by atoms with Crippen molar-refractivity contribution in [3.63, 3.8) is 0 Å². The average molecular weight is 157 g/mol. The van der Waals surface area contributed by atoms with Gasteiger partial charge in [0.2, 0.25) is 0 Å². The van der Waals surface area contributed by atoms with Gasteiger partial charge in [-0.25, -0.2) is 0 Å². The summed E-state index contributed by atoms with van der Waals surface area (Å²) in [4.78, 5) is 0. The van der Waals surface area contributed by atoms with E-state index in [9.17, 15) is 4.39 Å². The Morgan fingerprint density at radius 2 is 2.45 bits per heavy atom. The molecule has 2 nitrogen and oxygen atoms in total. The maximum Gasteiger partial charge on any atom is 0.0910 e. The fraction of sp³-hybridized carbons (Fsp3) is 0.875. The largest absolute Gasteiger partial charge is 0.380 e. The van der Waals surface area contributed by atoms with Gasteiger partial charge in [-0.1, -0.05) is 0 Å². The Labute approximate surface area is 66.0 Å². The summed E-state index contributed by atoms with van der Waals surface area (Å²) in [6, 6.07) is 2.15. The quantitative estimate of drug-likeness (QED) is 0.610. The molecule has 1 unspecified atom stereocenters. The number of rotatable bonds is 2. The number of ether oxygens (including phenoxy) is 1. The summed E-state index contributed by atoms with van der Waals surface area (Å²) in [7, 11) is 0. The zero-order chi connectivity index (χ0) is 8.16. The third-order valence-corrected chi connectivity index (χ3v) is 2.13. The lowest BCUT2D eigenvalue weighted by Gasteiger charge is -2.29. The van der Waals surface area contributed by atoms with E-state index in [4.69, 9.17) is 10.00 Å². The van der Waals surface area contributed by atoms with Crippen LogP contribution in [0.1, 0.15) is 19.3 Å². The number of nitriles is 1. The van der Waals surface area contributed by atoms with E-state index >= 15 is 0 Å². The van der Waals surface area contributed by atoms with Gasteiger partial charge in [-0.3, -0.25) is 4.39 Å². The molecule has 0 N–H and O–H groups in total. The second-order valence-corrected chi connectivity index (χ2v) is 2.99. The van der Waals surface area contributed by atoms with E-state index in [1.807, 2.05) is 0 Å². The van der Waals surface area contributed by atoms with Crippen molar-refractivity contribution < 1.29 is 9.13 Å². The predicted molar refractivity (Wildman–Crippen MR) is 38.7 cm³/mol. The van der Waals surface area contributed by atoms with Crippen molar-refractivity contribution in [2.24, 2.45) is 5.41 Å². The Morgan fingerprint density at radius 3 is 2.91 bits per heavy atom. The fourth-order valence-corrected chi connectivity index (χ4v) is 1.37. The second kappa shape index (κ2) is 3.68. The van der Waals surface area contributed by atoms with E-state index in [2.05, 4.69) is 6.07 Å². The third-order valence-electron chi connectivity index (χ3n) is 2.13. The summed E-state index contributed by atoms with van der Waals surface area (Å²) < 4.78 is 17.1. The van der Waals surface area contributed by atoms with E-state index in [1.54, 1.807) is 0 Å². The van der Waals surface area contributed by atoms with Gasteiger partial charge in [0.05, 0.1) is 24.8 Å². The van der Waals surface area contributed by atoms with Crippen molar-refractivity contribution in [2.75, 3.05) is 19.9 Å². The summed E-state index contributed by atoms with van der Waals surface area (Å²) in [6.45, 7) is 0.708. The van der Waals surface area contributed by atoms with E-state index in [-0.39, 0.29) is 0 Å². The van der Waals surface area contributed by atoms with Gasteiger partial charge in [-0.05, 0) is 19.3 Å². The molecular formula is C8H12FNO. The molecule has 1 saturated heterocycles. The van der Waals surface area contributed by atoms with Crippen LogP contribution >= 0.6 is 0 Å². The zero-order valence-corrected chi connectivity index (χ0v) is 6.48. The minimum atomic E-state index is -0.521. The van der Waals surface area contributed by atoms with Crippen molar-refractivity contribution >= 4 is 0 Å². The molecule has 0 radical (unpaired) electrons. The average Bonchev–Trinajstić information content (AvgIpc) is 2.07. The lowest BCUT2D eigenvalue weighted by atomic mass is 9.81. The highest BCUT2D eigenvalue weighted by molar-refractivity contribution is 5.00. The van der Waals surface area contributed by atoms with Gasteiger partial charge in [0.15, 0.2) is 0 Å². The Balaban J connectivity index is 2.51. The molecule has 1 rings (SSSR count). The molecule has 11 heavy (non-hydrogen) atoms. The third kappa shape index (κ3) is 1.90. The Hall–Kier alpha value is -0.620. The van der Waals surface area contributed by atoms with Crippen molar-refractivity contribution in [1.82, 2.24) is 0 Å². The van der Waals surface area contributed by atoms with Crippen LogP contribution in [0.25, 0.3) is 0 Å². The summed E-state index contributed by atoms with van der Waals surface area (Å²) in [6.07, 6.45) is 1.99. The monoisotopic (exact) mass is 157 g/mol. The van der Waals surface area contributed by atoms with Gasteiger partial charge in [-0.2, -0.15) is 5.26 Å². The SMILES string of the molecule is N#CC1(CCF)CCCOC1. The molecular weight excluding hydrogens is 145 g/mol. The van der Waals surface area contributed by atoms with Crippen LogP contribution in [0.15, 0.2) is 0 Å². The molecule has 1 aliphatic heterocycles. The molecule has 0 amide bonds. The van der Waals surface area contributed by atoms with Crippen molar-refractivity contribution in [2.45, 2.75) is 19.3 Å². The molecule has 1 atom stereocenters. The molecule has 0 spiro atoms. The van der Waals surface area contributed by atoms with Crippen LogP contribution in [0.5, 0.6) is 0 Å². The first-order valence-electron chi connectivity index (χ1n) is 3.88. The molecule has 0 aliphatic carbocycles. The fourth-order valence-electron chi connectivity index (χ4n) is 1.37. The highest BCUT2D eigenvalue weighted by atomic mass is 19.1. The van der Waals surface area contributed by atoms with Crippen LogP contribution < -0.4 is 0 Å². The molecule has 62 valence electrons. The first kappa shape index (κ1) is 8.48. The van der Waals surface area contributed by atoms with E-state index in [1.165, 1.54) is 0 Å². The van der Waals surface area contributed by atoms with Gasteiger partial charge >= 0.3 is 0 Å². The second-order valence-electron chi connectivity index (χ2n) is 2.99. The maximum atomic E-state index is 12.0. The lowest BCUT2D eigenvalue weighted by Crippen LogP contribution is -2.30. The first-order valence-corrected chi connectivity index (χ1v) is 3.88. The standard InChI is InChI=1S/C8H12FNO/c9-4-3-8(6-10)2-1-5-11-7-8/h1-5,7H2. The maximum absolute atomic E-state index is 12.0. The summed E-state index contributed by atoms with van der Waals surface area (Å²) in [5, 5.41) is 8.78. The molecule has 1 fully saturated rings. The number of hydrogen-bond acceptors (Lipinski definition) is 2. The summed E-state index contributed by atoms with van der Waals surface area (Å²) in [5.41, 5.74) is -0.521. The normalized spacial score (nSPS) is 31.3. The minimum absolute atomic E-state index is 0.323. The van der Waals surface area contributed by atoms with Gasteiger partial charge in [-0.15, -0.1) is 0 Å². The number of alkyl halides is 1. The molecule has 1 aliphatic rings. The van der Waals surface area contributed by atoms with Crippen LogP contribution in [-0.2, 0) is 4.74 Å². The van der Waals surface area contributed by atoms with E-state index in [0.29, 0.717) is 13.0 Å². The molecule has 1 heterocycles. The lowest BCUT2D eigenvalue weighted by molar-refractivity contribution is 0.0152. The van der Waals surface area contributed by atoms with Gasteiger partial charge < -0.3 is 4.74 Å². The smallest absolute Gasteiger partial charge is 0.0910 e. The van der Waals surface area contributed by atoms with Crippen LogP contribution in [0.4, 0.5) is 4.39 Å². The molecule has 0 saturated carbocycles. The molecule has 0 aromatic rings. The highest BCUT2D eigenvalue weighted by Gasteiger charge is 2.32. The van der Waals surface area contributed by atoms with E-state index < -0.39 is 12.1 Å². The van der Waals surface area contributed by atoms with Crippen LogP contribution in [-0.4, -0.2) is 19.9 Å². The van der Waals surface area contributed by atoms with Gasteiger partial charge in [0, 0.05) is 6.61 Å². The number of hydrogen-bond donors (Lipinski definition) is 0. The zero-order valence-electron chi connectivity index (χ0n) is 6.48. The molecule has 3 heteroatoms. The number of halogens is 1. The Bertz CT molecular complexity index is 152. The van der Waals surface area contributed by atoms with Crippen molar-refractivity contribution in [1.29, 1.82) is 5.26 Å². The Kier molecular flexibility index (Phi) is 2.84. The minimum Gasteiger partial charge on any atom is -0.380 e. The van der Waals surface area contributed by atoms with Gasteiger partial charge in [0.25, 0.3) is 0 Å². The molecule has 0 aromatic heterocycles. The molecule has 0 aromatic carbocycles.